The smallest absolute Gasteiger partial charge is 0.335 e. The molecule has 2 heterocycles. The van der Waals surface area contributed by atoms with E-state index in [1.807, 2.05) is 18.2 Å². The van der Waals surface area contributed by atoms with Gasteiger partial charge in [-0.3, -0.25) is 0 Å². The summed E-state index contributed by atoms with van der Waals surface area (Å²) in [6, 6.07) is 10.8. The highest BCUT2D eigenvalue weighted by molar-refractivity contribution is 6.30. The Kier molecular flexibility index (Phi) is 7.04. The molecule has 0 aliphatic carbocycles. The largest absolute Gasteiger partial charge is 0.487 e. The summed E-state index contributed by atoms with van der Waals surface area (Å²) in [6.07, 6.45) is 3.51. The molecule has 3 atom stereocenters. The van der Waals surface area contributed by atoms with E-state index in [9.17, 15) is 15.0 Å². The lowest BCUT2D eigenvalue weighted by Gasteiger charge is -2.42. The molecule has 0 amide bonds. The number of fused-ring (bicyclic) bond motifs is 2. The van der Waals surface area contributed by atoms with Crippen molar-refractivity contribution in [2.75, 3.05) is 24.6 Å². The molecule has 1 unspecified atom stereocenters. The number of aliphatic hydroxyl groups excluding tert-OH is 1. The summed E-state index contributed by atoms with van der Waals surface area (Å²) >= 11 is 6.21. The van der Waals surface area contributed by atoms with Crippen LogP contribution < -0.4 is 9.64 Å². The van der Waals surface area contributed by atoms with Crippen LogP contribution in [-0.2, 0) is 17.8 Å². The van der Waals surface area contributed by atoms with Crippen molar-refractivity contribution in [2.24, 2.45) is 5.92 Å². The zero-order valence-electron chi connectivity index (χ0n) is 17.9. The van der Waals surface area contributed by atoms with Gasteiger partial charge < -0.3 is 24.6 Å². The molecule has 2 aromatic rings. The van der Waals surface area contributed by atoms with Gasteiger partial charge >= 0.3 is 5.97 Å². The molecular formula is C25H28ClNO5. The monoisotopic (exact) mass is 457 g/mol. The SMILES string of the molecule is C=CC(O)[C@@H]1CO[C@H]1CN1CCCCc2cc(Cl)ccc2COc2ccc(C(=O)O)cc21. The maximum atomic E-state index is 11.6. The highest BCUT2D eigenvalue weighted by Crippen LogP contribution is 2.35. The standard InChI is InChI=1S/C25H28ClNO5/c1-2-22(28)20-15-32-24(20)13-27-10-4-3-5-16-11-19(26)8-6-18(16)14-31-23-9-7-17(25(29)30)12-21(23)27/h2,6-9,11-12,20,22,24,28H,1,3-5,10,13-15H2,(H,29,30)/t20-,22?,24-/m0/s1. The fourth-order valence-corrected chi connectivity index (χ4v) is 4.51. The van der Waals surface area contributed by atoms with E-state index in [2.05, 4.69) is 11.5 Å². The normalized spacial score (nSPS) is 21.8. The predicted octanol–water partition coefficient (Wildman–Crippen LogP) is 4.32. The fourth-order valence-electron chi connectivity index (χ4n) is 4.31. The first-order valence-electron chi connectivity index (χ1n) is 10.9. The van der Waals surface area contributed by atoms with Crippen LogP contribution >= 0.6 is 11.6 Å². The third kappa shape index (κ3) is 4.93. The Morgan fingerprint density at radius 3 is 2.81 bits per heavy atom. The summed E-state index contributed by atoms with van der Waals surface area (Å²) in [6.45, 7) is 5.79. The van der Waals surface area contributed by atoms with Gasteiger partial charge in [-0.25, -0.2) is 4.79 Å². The van der Waals surface area contributed by atoms with Crippen molar-refractivity contribution in [3.63, 3.8) is 0 Å². The van der Waals surface area contributed by atoms with Gasteiger partial charge in [-0.1, -0.05) is 23.7 Å². The van der Waals surface area contributed by atoms with Crippen LogP contribution in [0.3, 0.4) is 0 Å². The van der Waals surface area contributed by atoms with Crippen LogP contribution in [0.4, 0.5) is 5.69 Å². The first kappa shape index (κ1) is 22.6. The second-order valence-corrected chi connectivity index (χ2v) is 8.79. The lowest BCUT2D eigenvalue weighted by atomic mass is 9.91. The molecular weight excluding hydrogens is 430 g/mol. The molecule has 4 rings (SSSR count). The van der Waals surface area contributed by atoms with Crippen LogP contribution in [0, 0.1) is 5.92 Å². The maximum Gasteiger partial charge on any atom is 0.335 e. The number of aryl methyl sites for hydroxylation is 1. The number of rotatable bonds is 5. The molecule has 6 nitrogen and oxygen atoms in total. The third-order valence-electron chi connectivity index (χ3n) is 6.28. The lowest BCUT2D eigenvalue weighted by Crippen LogP contribution is -2.52. The number of carboxylic acid groups (broad SMARTS) is 1. The van der Waals surface area contributed by atoms with Gasteiger partial charge in [-0.2, -0.15) is 0 Å². The Morgan fingerprint density at radius 2 is 2.09 bits per heavy atom. The second-order valence-electron chi connectivity index (χ2n) is 8.35. The van der Waals surface area contributed by atoms with Gasteiger partial charge in [0, 0.05) is 24.0 Å². The fraction of sp³-hybridized carbons (Fsp3) is 0.400. The van der Waals surface area contributed by atoms with E-state index in [0.29, 0.717) is 37.1 Å². The van der Waals surface area contributed by atoms with Crippen molar-refractivity contribution in [3.05, 3.63) is 70.8 Å². The number of carbonyl (C=O) groups is 1. The van der Waals surface area contributed by atoms with E-state index in [1.165, 1.54) is 11.6 Å². The van der Waals surface area contributed by atoms with Gasteiger partial charge in [0.05, 0.1) is 30.1 Å². The van der Waals surface area contributed by atoms with Crippen molar-refractivity contribution in [1.82, 2.24) is 0 Å². The number of halogens is 1. The summed E-state index contributed by atoms with van der Waals surface area (Å²) in [5.74, 6) is -0.385. The molecule has 7 heteroatoms. The molecule has 0 aromatic heterocycles. The topological polar surface area (TPSA) is 79.2 Å². The van der Waals surface area contributed by atoms with Crippen LogP contribution in [0.5, 0.6) is 5.75 Å². The Morgan fingerprint density at radius 1 is 1.25 bits per heavy atom. The first-order chi connectivity index (χ1) is 15.5. The Bertz CT molecular complexity index is 994. The highest BCUT2D eigenvalue weighted by Gasteiger charge is 2.38. The molecule has 0 spiro atoms. The molecule has 32 heavy (non-hydrogen) atoms. The molecule has 2 aromatic carbocycles. The quantitative estimate of drug-likeness (QED) is 0.651. The average Bonchev–Trinajstić information content (AvgIpc) is 2.79. The van der Waals surface area contributed by atoms with Gasteiger partial charge in [-0.15, -0.1) is 6.58 Å². The van der Waals surface area contributed by atoms with Crippen molar-refractivity contribution in [3.8, 4) is 5.75 Å². The van der Waals surface area contributed by atoms with Gasteiger partial charge in [0.1, 0.15) is 12.4 Å². The van der Waals surface area contributed by atoms with Gasteiger partial charge in [0.2, 0.25) is 0 Å². The van der Waals surface area contributed by atoms with Crippen LogP contribution in [0.2, 0.25) is 5.02 Å². The molecule has 0 saturated carbocycles. The number of carboxylic acids is 1. The van der Waals surface area contributed by atoms with Crippen LogP contribution in [-0.4, -0.2) is 48.1 Å². The molecule has 2 aliphatic heterocycles. The number of nitrogens with zero attached hydrogens (tertiary/aromatic N) is 1. The van der Waals surface area contributed by atoms with Crippen molar-refractivity contribution in [1.29, 1.82) is 0 Å². The minimum Gasteiger partial charge on any atom is -0.487 e. The Hall–Kier alpha value is -2.54. The van der Waals surface area contributed by atoms with Crippen molar-refractivity contribution < 1.29 is 24.5 Å². The molecule has 0 radical (unpaired) electrons. The summed E-state index contributed by atoms with van der Waals surface area (Å²) < 4.78 is 12.0. The van der Waals surface area contributed by atoms with Gasteiger partial charge in [-0.05, 0) is 60.7 Å². The first-order valence-corrected chi connectivity index (χ1v) is 11.3. The number of aromatic carboxylic acids is 1. The minimum atomic E-state index is -0.984. The summed E-state index contributed by atoms with van der Waals surface area (Å²) in [7, 11) is 0. The molecule has 2 aliphatic rings. The van der Waals surface area contributed by atoms with Gasteiger partial charge in [0.25, 0.3) is 0 Å². The summed E-state index contributed by atoms with van der Waals surface area (Å²) in [4.78, 5) is 13.8. The molecule has 0 bridgehead atoms. The lowest BCUT2D eigenvalue weighted by molar-refractivity contribution is -0.141. The molecule has 1 fully saturated rings. The average molecular weight is 458 g/mol. The van der Waals surface area contributed by atoms with E-state index in [-0.39, 0.29) is 17.6 Å². The third-order valence-corrected chi connectivity index (χ3v) is 6.52. The van der Waals surface area contributed by atoms with Gasteiger partial charge in [0.15, 0.2) is 0 Å². The van der Waals surface area contributed by atoms with E-state index in [1.54, 1.807) is 18.2 Å². The summed E-state index contributed by atoms with van der Waals surface area (Å²) in [5.41, 5.74) is 3.18. The van der Waals surface area contributed by atoms with E-state index >= 15 is 0 Å². The number of aliphatic hydroxyl groups is 1. The zero-order valence-corrected chi connectivity index (χ0v) is 18.6. The number of benzene rings is 2. The zero-order chi connectivity index (χ0) is 22.7. The number of ether oxygens (including phenoxy) is 2. The summed E-state index contributed by atoms with van der Waals surface area (Å²) in [5, 5.41) is 20.5. The van der Waals surface area contributed by atoms with Crippen LogP contribution in [0.25, 0.3) is 0 Å². The Balaban J connectivity index is 1.65. The number of hydrogen-bond acceptors (Lipinski definition) is 5. The predicted molar refractivity (Wildman–Crippen MR) is 124 cm³/mol. The van der Waals surface area contributed by atoms with E-state index in [0.717, 1.165) is 30.5 Å². The van der Waals surface area contributed by atoms with Crippen molar-refractivity contribution >= 4 is 23.3 Å². The minimum absolute atomic E-state index is 0.0240. The Labute approximate surface area is 193 Å². The molecule has 1 saturated heterocycles. The second kappa shape index (κ2) is 9.94. The molecule has 2 N–H and O–H groups in total. The number of anilines is 1. The van der Waals surface area contributed by atoms with Crippen molar-refractivity contribution in [2.45, 2.75) is 38.1 Å². The maximum absolute atomic E-state index is 11.6. The van der Waals surface area contributed by atoms with E-state index in [4.69, 9.17) is 21.1 Å². The van der Waals surface area contributed by atoms with Crippen LogP contribution in [0.15, 0.2) is 49.1 Å². The number of hydrogen-bond donors (Lipinski definition) is 2. The molecule has 170 valence electrons. The van der Waals surface area contributed by atoms with Crippen LogP contribution in [0.1, 0.15) is 34.3 Å². The highest BCUT2D eigenvalue weighted by atomic mass is 35.5. The van der Waals surface area contributed by atoms with E-state index < -0.39 is 12.1 Å².